The first kappa shape index (κ1) is 19.0. The molecule has 1 amide bonds. The van der Waals surface area contributed by atoms with Gasteiger partial charge in [-0.05, 0) is 49.6 Å². The van der Waals surface area contributed by atoms with E-state index in [1.54, 1.807) is 19.5 Å². The number of piperidine rings is 1. The number of methoxy groups -OCH3 is 1. The minimum atomic E-state index is -0.00323. The van der Waals surface area contributed by atoms with E-state index >= 15 is 0 Å². The minimum absolute atomic E-state index is 0.00323. The van der Waals surface area contributed by atoms with Crippen molar-refractivity contribution >= 4 is 11.6 Å². The summed E-state index contributed by atoms with van der Waals surface area (Å²) in [4.78, 5) is 19.0. The van der Waals surface area contributed by atoms with E-state index in [0.717, 1.165) is 42.9 Å². The second-order valence-corrected chi connectivity index (χ2v) is 6.63. The first-order valence-corrected chi connectivity index (χ1v) is 9.43. The van der Waals surface area contributed by atoms with E-state index in [9.17, 15) is 4.79 Å². The van der Waals surface area contributed by atoms with Crippen molar-refractivity contribution in [2.45, 2.75) is 26.3 Å². The second kappa shape index (κ2) is 9.26. The SMILES string of the molecule is CCOc1ccc(CNC(=O)C2CCCN(c3ccncc3)C2)cc1OC. The number of ether oxygens (including phenoxy) is 2. The van der Waals surface area contributed by atoms with E-state index < -0.39 is 0 Å². The molecule has 0 aliphatic carbocycles. The van der Waals surface area contributed by atoms with Gasteiger partial charge in [-0.15, -0.1) is 0 Å². The number of carbonyl (C=O) groups excluding carboxylic acids is 1. The fourth-order valence-electron chi connectivity index (χ4n) is 3.41. The molecule has 1 unspecified atom stereocenters. The maximum absolute atomic E-state index is 12.7. The average Bonchev–Trinajstić information content (AvgIpc) is 2.73. The third kappa shape index (κ3) is 4.90. The number of rotatable bonds is 7. The maximum Gasteiger partial charge on any atom is 0.225 e. The first-order chi connectivity index (χ1) is 13.2. The van der Waals surface area contributed by atoms with Crippen molar-refractivity contribution in [1.29, 1.82) is 0 Å². The summed E-state index contributed by atoms with van der Waals surface area (Å²) in [6, 6.07) is 9.74. The quantitative estimate of drug-likeness (QED) is 0.813. The zero-order chi connectivity index (χ0) is 19.1. The molecule has 0 bridgehead atoms. The molecule has 3 rings (SSSR count). The molecule has 1 fully saturated rings. The van der Waals surface area contributed by atoms with Crippen LogP contribution in [-0.4, -0.2) is 37.7 Å². The Morgan fingerprint density at radius 2 is 2.07 bits per heavy atom. The largest absolute Gasteiger partial charge is 0.493 e. The summed E-state index contributed by atoms with van der Waals surface area (Å²) in [5.74, 6) is 1.50. The van der Waals surface area contributed by atoms with Gasteiger partial charge in [0.2, 0.25) is 5.91 Å². The van der Waals surface area contributed by atoms with Crippen LogP contribution in [0.4, 0.5) is 5.69 Å². The van der Waals surface area contributed by atoms with Crippen LogP contribution in [-0.2, 0) is 11.3 Å². The van der Waals surface area contributed by atoms with E-state index in [4.69, 9.17) is 9.47 Å². The summed E-state index contributed by atoms with van der Waals surface area (Å²) in [7, 11) is 1.62. The summed E-state index contributed by atoms with van der Waals surface area (Å²) in [6.07, 6.45) is 5.51. The number of pyridine rings is 1. The Kier molecular flexibility index (Phi) is 6.52. The van der Waals surface area contributed by atoms with Gasteiger partial charge in [-0.1, -0.05) is 6.07 Å². The Morgan fingerprint density at radius 1 is 1.26 bits per heavy atom. The number of nitrogens with one attached hydrogen (secondary N) is 1. The van der Waals surface area contributed by atoms with Gasteiger partial charge in [0, 0.05) is 37.7 Å². The molecule has 0 saturated carbocycles. The molecule has 1 N–H and O–H groups in total. The number of aromatic nitrogens is 1. The van der Waals surface area contributed by atoms with E-state index in [1.807, 2.05) is 37.3 Å². The number of benzene rings is 1. The van der Waals surface area contributed by atoms with Gasteiger partial charge in [-0.25, -0.2) is 0 Å². The molecule has 27 heavy (non-hydrogen) atoms. The molecule has 1 aromatic carbocycles. The molecule has 6 nitrogen and oxygen atoms in total. The highest BCUT2D eigenvalue weighted by Crippen LogP contribution is 2.28. The monoisotopic (exact) mass is 369 g/mol. The number of carbonyl (C=O) groups is 1. The third-order valence-electron chi connectivity index (χ3n) is 4.81. The lowest BCUT2D eigenvalue weighted by molar-refractivity contribution is -0.125. The zero-order valence-corrected chi connectivity index (χ0v) is 16.0. The van der Waals surface area contributed by atoms with Gasteiger partial charge in [-0.2, -0.15) is 0 Å². The predicted molar refractivity (Wildman–Crippen MR) is 105 cm³/mol. The lowest BCUT2D eigenvalue weighted by Gasteiger charge is -2.33. The fourth-order valence-corrected chi connectivity index (χ4v) is 3.41. The van der Waals surface area contributed by atoms with Crippen LogP contribution in [0.5, 0.6) is 11.5 Å². The van der Waals surface area contributed by atoms with Gasteiger partial charge in [0.25, 0.3) is 0 Å². The van der Waals surface area contributed by atoms with Crippen LogP contribution < -0.4 is 19.7 Å². The van der Waals surface area contributed by atoms with Gasteiger partial charge in [0.05, 0.1) is 19.6 Å². The molecular weight excluding hydrogens is 342 g/mol. The Hall–Kier alpha value is -2.76. The summed E-state index contributed by atoms with van der Waals surface area (Å²) in [6.45, 7) is 4.72. The molecule has 2 aromatic rings. The van der Waals surface area contributed by atoms with E-state index in [2.05, 4.69) is 15.2 Å². The van der Waals surface area contributed by atoms with Crippen molar-refractivity contribution in [3.8, 4) is 11.5 Å². The van der Waals surface area contributed by atoms with E-state index in [-0.39, 0.29) is 11.8 Å². The summed E-state index contributed by atoms with van der Waals surface area (Å²) < 4.78 is 10.9. The number of nitrogens with zero attached hydrogens (tertiary/aromatic N) is 2. The van der Waals surface area contributed by atoms with Crippen LogP contribution in [0.25, 0.3) is 0 Å². The molecule has 1 atom stereocenters. The number of hydrogen-bond donors (Lipinski definition) is 1. The number of hydrogen-bond acceptors (Lipinski definition) is 5. The van der Waals surface area contributed by atoms with Crippen LogP contribution in [0.15, 0.2) is 42.7 Å². The molecule has 0 radical (unpaired) electrons. The van der Waals surface area contributed by atoms with Crippen LogP contribution in [0.2, 0.25) is 0 Å². The highest BCUT2D eigenvalue weighted by Gasteiger charge is 2.25. The number of anilines is 1. The molecule has 6 heteroatoms. The Labute approximate surface area is 160 Å². The van der Waals surface area contributed by atoms with Gasteiger partial charge >= 0.3 is 0 Å². The molecule has 144 valence electrons. The van der Waals surface area contributed by atoms with Crippen LogP contribution in [0.3, 0.4) is 0 Å². The first-order valence-electron chi connectivity index (χ1n) is 9.43. The maximum atomic E-state index is 12.7. The third-order valence-corrected chi connectivity index (χ3v) is 4.81. The molecule has 2 heterocycles. The average molecular weight is 369 g/mol. The lowest BCUT2D eigenvalue weighted by Crippen LogP contribution is -2.43. The molecule has 0 spiro atoms. The highest BCUT2D eigenvalue weighted by atomic mass is 16.5. The zero-order valence-electron chi connectivity index (χ0n) is 16.0. The lowest BCUT2D eigenvalue weighted by atomic mass is 9.96. The molecule has 1 aliphatic rings. The molecule has 1 aliphatic heterocycles. The standard InChI is InChI=1S/C21H27N3O3/c1-3-27-19-7-6-16(13-20(19)26-2)14-23-21(25)17-5-4-12-24(15-17)18-8-10-22-11-9-18/h6-11,13,17H,3-5,12,14-15H2,1-2H3,(H,23,25). The van der Waals surface area contributed by atoms with Crippen LogP contribution >= 0.6 is 0 Å². The number of amides is 1. The summed E-state index contributed by atoms with van der Waals surface area (Å²) in [5.41, 5.74) is 2.12. The molecule has 1 aromatic heterocycles. The van der Waals surface area contributed by atoms with Gasteiger partial charge < -0.3 is 19.7 Å². The topological polar surface area (TPSA) is 63.7 Å². The fraction of sp³-hybridized carbons (Fsp3) is 0.429. The van der Waals surface area contributed by atoms with Gasteiger partial charge in [0.1, 0.15) is 0 Å². The Balaban J connectivity index is 1.57. The van der Waals surface area contributed by atoms with Crippen molar-refractivity contribution in [3.05, 3.63) is 48.3 Å². The van der Waals surface area contributed by atoms with Crippen molar-refractivity contribution in [2.24, 2.45) is 5.92 Å². The van der Waals surface area contributed by atoms with Crippen LogP contribution in [0, 0.1) is 5.92 Å². The van der Waals surface area contributed by atoms with Crippen molar-refractivity contribution in [2.75, 3.05) is 31.7 Å². The van der Waals surface area contributed by atoms with Crippen molar-refractivity contribution < 1.29 is 14.3 Å². The van der Waals surface area contributed by atoms with Crippen molar-refractivity contribution in [1.82, 2.24) is 10.3 Å². The predicted octanol–water partition coefficient (Wildman–Crippen LogP) is 3.02. The van der Waals surface area contributed by atoms with Crippen LogP contribution in [0.1, 0.15) is 25.3 Å². The summed E-state index contributed by atoms with van der Waals surface area (Å²) in [5, 5.41) is 3.07. The van der Waals surface area contributed by atoms with E-state index in [0.29, 0.717) is 18.9 Å². The Morgan fingerprint density at radius 3 is 2.81 bits per heavy atom. The van der Waals surface area contributed by atoms with Gasteiger partial charge in [-0.3, -0.25) is 9.78 Å². The van der Waals surface area contributed by atoms with E-state index in [1.165, 1.54) is 0 Å². The highest BCUT2D eigenvalue weighted by molar-refractivity contribution is 5.79. The summed E-state index contributed by atoms with van der Waals surface area (Å²) >= 11 is 0. The second-order valence-electron chi connectivity index (χ2n) is 6.63. The Bertz CT molecular complexity index is 752. The molecular formula is C21H27N3O3. The molecule has 1 saturated heterocycles. The minimum Gasteiger partial charge on any atom is -0.493 e. The van der Waals surface area contributed by atoms with Gasteiger partial charge in [0.15, 0.2) is 11.5 Å². The normalized spacial score (nSPS) is 16.7. The smallest absolute Gasteiger partial charge is 0.225 e. The van der Waals surface area contributed by atoms with Crippen molar-refractivity contribution in [3.63, 3.8) is 0 Å².